The van der Waals surface area contributed by atoms with Crippen molar-refractivity contribution in [2.75, 3.05) is 26.7 Å². The maximum atomic E-state index is 12.9. The number of nitrogens with one attached hydrogen (secondary N) is 2. The van der Waals surface area contributed by atoms with Crippen LogP contribution in [0.4, 0.5) is 8.78 Å². The number of benzene rings is 2. The zero-order valence-electron chi connectivity index (χ0n) is 18.2. The minimum absolute atomic E-state index is 0.0182. The van der Waals surface area contributed by atoms with Gasteiger partial charge in [-0.15, -0.1) is 0 Å². The Balaban J connectivity index is 1.56. The van der Waals surface area contributed by atoms with E-state index in [1.807, 2.05) is 23.1 Å². The Bertz CT molecular complexity index is 953. The lowest BCUT2D eigenvalue weighted by atomic mass is 10.00. The summed E-state index contributed by atoms with van der Waals surface area (Å²) in [5, 5.41) is 6.02. The van der Waals surface area contributed by atoms with Crippen LogP contribution in [0.1, 0.15) is 23.6 Å². The smallest absolute Gasteiger partial charge is 0.387 e. The van der Waals surface area contributed by atoms with E-state index in [0.29, 0.717) is 31.2 Å². The van der Waals surface area contributed by atoms with Crippen LogP contribution in [0.5, 0.6) is 11.5 Å². The van der Waals surface area contributed by atoms with Gasteiger partial charge in [0.15, 0.2) is 17.5 Å². The quantitative estimate of drug-likeness (QED) is 0.482. The second kappa shape index (κ2) is 11.3. The number of aliphatic imine (C=N–C) groups is 1. The molecule has 0 spiro atoms. The summed E-state index contributed by atoms with van der Waals surface area (Å²) in [4.78, 5) is 18.6. The number of ether oxygens (including phenoxy) is 2. The van der Waals surface area contributed by atoms with Crippen molar-refractivity contribution in [1.82, 2.24) is 15.5 Å². The molecule has 9 heteroatoms. The number of carbonyl (C=O) groups excluding carboxylic acids is 1. The summed E-state index contributed by atoms with van der Waals surface area (Å²) in [6, 6.07) is 13.1. The van der Waals surface area contributed by atoms with Crippen LogP contribution in [-0.2, 0) is 24.3 Å². The molecule has 1 heterocycles. The molecule has 0 radical (unpaired) electrons. The van der Waals surface area contributed by atoms with Gasteiger partial charge in [-0.1, -0.05) is 36.4 Å². The SMILES string of the molecule is CCOc1cccc(CNC(=NC)NCC(=O)N2CCc3ccccc3C2)c1OC(F)F. The highest BCUT2D eigenvalue weighted by Crippen LogP contribution is 2.32. The van der Waals surface area contributed by atoms with Gasteiger partial charge in [0.2, 0.25) is 5.91 Å². The number of amides is 1. The van der Waals surface area contributed by atoms with Crippen molar-refractivity contribution in [2.45, 2.75) is 33.0 Å². The standard InChI is InChI=1S/C23H28F2N4O3/c1-3-31-19-10-6-9-17(21(19)32-22(24)25)13-27-23(26-2)28-14-20(30)29-12-11-16-7-4-5-8-18(16)15-29/h4-10,22H,3,11-15H2,1-2H3,(H2,26,27,28). The number of hydrogen-bond donors (Lipinski definition) is 2. The molecule has 0 saturated carbocycles. The molecule has 1 amide bonds. The fraction of sp³-hybridized carbons (Fsp3) is 0.391. The molecule has 1 aliphatic rings. The lowest BCUT2D eigenvalue weighted by Gasteiger charge is -2.29. The molecule has 2 aromatic carbocycles. The number of halogens is 2. The summed E-state index contributed by atoms with van der Waals surface area (Å²) < 4.78 is 35.9. The third kappa shape index (κ3) is 6.09. The van der Waals surface area contributed by atoms with E-state index in [9.17, 15) is 13.6 Å². The molecule has 32 heavy (non-hydrogen) atoms. The molecular weight excluding hydrogens is 418 g/mol. The van der Waals surface area contributed by atoms with E-state index in [1.54, 1.807) is 32.2 Å². The Morgan fingerprint density at radius 1 is 1.16 bits per heavy atom. The van der Waals surface area contributed by atoms with Gasteiger partial charge < -0.3 is 25.0 Å². The Morgan fingerprint density at radius 2 is 1.94 bits per heavy atom. The fourth-order valence-electron chi connectivity index (χ4n) is 3.57. The summed E-state index contributed by atoms with van der Waals surface area (Å²) in [7, 11) is 1.57. The Hall–Kier alpha value is -3.36. The average molecular weight is 446 g/mol. The van der Waals surface area contributed by atoms with Crippen LogP contribution in [0, 0.1) is 0 Å². The minimum atomic E-state index is -2.97. The van der Waals surface area contributed by atoms with Crippen LogP contribution in [0.15, 0.2) is 47.5 Å². The lowest BCUT2D eigenvalue weighted by Crippen LogP contribution is -2.45. The van der Waals surface area contributed by atoms with Crippen LogP contribution in [0.2, 0.25) is 0 Å². The van der Waals surface area contributed by atoms with E-state index in [-0.39, 0.29) is 30.5 Å². The number of nitrogens with zero attached hydrogens (tertiary/aromatic N) is 2. The second-order valence-electron chi connectivity index (χ2n) is 7.17. The summed E-state index contributed by atoms with van der Waals surface area (Å²) in [5.41, 5.74) is 2.92. The van der Waals surface area contributed by atoms with Crippen LogP contribution >= 0.6 is 0 Å². The molecule has 0 unspecified atom stereocenters. The van der Waals surface area contributed by atoms with E-state index in [0.717, 1.165) is 12.0 Å². The Kier molecular flexibility index (Phi) is 8.24. The summed E-state index contributed by atoms with van der Waals surface area (Å²) in [6.07, 6.45) is 0.831. The molecule has 0 atom stereocenters. The van der Waals surface area contributed by atoms with Crippen molar-refractivity contribution in [3.63, 3.8) is 0 Å². The van der Waals surface area contributed by atoms with E-state index in [4.69, 9.17) is 4.74 Å². The highest BCUT2D eigenvalue weighted by molar-refractivity contribution is 5.86. The first kappa shape index (κ1) is 23.3. The number of fused-ring (bicyclic) bond motifs is 1. The van der Waals surface area contributed by atoms with Gasteiger partial charge in [0.25, 0.3) is 0 Å². The second-order valence-corrected chi connectivity index (χ2v) is 7.17. The van der Waals surface area contributed by atoms with Gasteiger partial charge in [-0.05, 0) is 30.5 Å². The summed E-state index contributed by atoms with van der Waals surface area (Å²) >= 11 is 0. The number of hydrogen-bond acceptors (Lipinski definition) is 4. The normalized spacial score (nSPS) is 13.5. The molecule has 7 nitrogen and oxygen atoms in total. The van der Waals surface area contributed by atoms with Gasteiger partial charge in [0, 0.05) is 32.2 Å². The molecule has 2 aromatic rings. The van der Waals surface area contributed by atoms with Crippen molar-refractivity contribution < 1.29 is 23.0 Å². The fourth-order valence-corrected chi connectivity index (χ4v) is 3.57. The summed E-state index contributed by atoms with van der Waals surface area (Å²) in [5.74, 6) is 0.564. The van der Waals surface area contributed by atoms with Crippen molar-refractivity contribution in [3.8, 4) is 11.5 Å². The van der Waals surface area contributed by atoms with Crippen LogP contribution < -0.4 is 20.1 Å². The predicted molar refractivity (Wildman–Crippen MR) is 118 cm³/mol. The van der Waals surface area contributed by atoms with Gasteiger partial charge >= 0.3 is 6.61 Å². The molecule has 0 aliphatic carbocycles. The van der Waals surface area contributed by atoms with Crippen LogP contribution in [0.25, 0.3) is 0 Å². The maximum absolute atomic E-state index is 12.9. The average Bonchev–Trinajstić information content (AvgIpc) is 2.80. The molecule has 1 aliphatic heterocycles. The molecular formula is C23H28F2N4O3. The van der Waals surface area contributed by atoms with Gasteiger partial charge in [0.05, 0.1) is 13.2 Å². The molecule has 0 fully saturated rings. The van der Waals surface area contributed by atoms with Gasteiger partial charge in [-0.25, -0.2) is 0 Å². The molecule has 3 rings (SSSR count). The van der Waals surface area contributed by atoms with Crippen LogP contribution in [-0.4, -0.2) is 50.1 Å². The highest BCUT2D eigenvalue weighted by Gasteiger charge is 2.20. The zero-order chi connectivity index (χ0) is 22.9. The largest absolute Gasteiger partial charge is 0.490 e. The monoisotopic (exact) mass is 446 g/mol. The number of rotatable bonds is 8. The first-order chi connectivity index (χ1) is 15.5. The Morgan fingerprint density at radius 3 is 2.66 bits per heavy atom. The molecule has 0 saturated heterocycles. The van der Waals surface area contributed by atoms with Gasteiger partial charge in [-0.2, -0.15) is 8.78 Å². The van der Waals surface area contributed by atoms with Crippen molar-refractivity contribution in [1.29, 1.82) is 0 Å². The minimum Gasteiger partial charge on any atom is -0.490 e. The molecule has 0 aromatic heterocycles. The first-order valence-electron chi connectivity index (χ1n) is 10.5. The van der Waals surface area contributed by atoms with Crippen molar-refractivity contribution in [3.05, 3.63) is 59.2 Å². The van der Waals surface area contributed by atoms with Gasteiger partial charge in [0.1, 0.15) is 0 Å². The first-order valence-corrected chi connectivity index (χ1v) is 10.5. The van der Waals surface area contributed by atoms with E-state index >= 15 is 0 Å². The van der Waals surface area contributed by atoms with Crippen LogP contribution in [0.3, 0.4) is 0 Å². The number of guanidine groups is 1. The number of carbonyl (C=O) groups is 1. The summed E-state index contributed by atoms with van der Waals surface area (Å²) in [6.45, 7) is 0.599. The molecule has 0 bridgehead atoms. The molecule has 2 N–H and O–H groups in total. The van der Waals surface area contributed by atoms with E-state index in [1.165, 1.54) is 5.56 Å². The maximum Gasteiger partial charge on any atom is 0.387 e. The highest BCUT2D eigenvalue weighted by atomic mass is 19.3. The van der Waals surface area contributed by atoms with E-state index < -0.39 is 6.61 Å². The third-order valence-electron chi connectivity index (χ3n) is 5.13. The Labute approximate surface area is 186 Å². The van der Waals surface area contributed by atoms with Crippen molar-refractivity contribution in [2.24, 2.45) is 4.99 Å². The predicted octanol–water partition coefficient (Wildman–Crippen LogP) is 2.94. The lowest BCUT2D eigenvalue weighted by molar-refractivity contribution is -0.130. The van der Waals surface area contributed by atoms with E-state index in [2.05, 4.69) is 26.4 Å². The number of para-hydroxylation sites is 1. The number of alkyl halides is 2. The topological polar surface area (TPSA) is 75.2 Å². The third-order valence-corrected chi connectivity index (χ3v) is 5.13. The molecule has 172 valence electrons. The van der Waals surface area contributed by atoms with Crippen molar-refractivity contribution >= 4 is 11.9 Å². The van der Waals surface area contributed by atoms with Gasteiger partial charge in [-0.3, -0.25) is 9.79 Å². The zero-order valence-corrected chi connectivity index (χ0v) is 18.2.